The molecule has 2 heterocycles. The maximum Gasteiger partial charge on any atom is 0.240 e. The first kappa shape index (κ1) is 20.9. The molecule has 4 rings (SSSR count). The van der Waals surface area contributed by atoms with Crippen LogP contribution in [0, 0.1) is 0 Å². The molecule has 1 aliphatic heterocycles. The van der Waals surface area contributed by atoms with Gasteiger partial charge in [0.2, 0.25) is 11.8 Å². The molecule has 1 N–H and O–H groups in total. The highest BCUT2D eigenvalue weighted by molar-refractivity contribution is 6.30. The number of benzene rings is 2. The van der Waals surface area contributed by atoms with Crippen LogP contribution < -0.4 is 15.1 Å². The van der Waals surface area contributed by atoms with Crippen LogP contribution >= 0.6 is 11.6 Å². The maximum atomic E-state index is 12.6. The van der Waals surface area contributed by atoms with E-state index >= 15 is 0 Å². The molecule has 0 fully saturated rings. The highest BCUT2D eigenvalue weighted by Gasteiger charge is 2.28. The van der Waals surface area contributed by atoms with Gasteiger partial charge >= 0.3 is 0 Å². The highest BCUT2D eigenvalue weighted by atomic mass is 35.5. The molecule has 8 heteroatoms. The molecule has 1 aliphatic rings. The van der Waals surface area contributed by atoms with Gasteiger partial charge in [-0.2, -0.15) is 5.10 Å². The molecule has 0 spiro atoms. The summed E-state index contributed by atoms with van der Waals surface area (Å²) in [6.07, 6.45) is 0.308. The molecule has 2 amide bonds. The van der Waals surface area contributed by atoms with Crippen LogP contribution in [0.1, 0.15) is 12.0 Å². The van der Waals surface area contributed by atoms with Gasteiger partial charge in [-0.3, -0.25) is 14.5 Å². The fourth-order valence-corrected chi connectivity index (χ4v) is 3.71. The summed E-state index contributed by atoms with van der Waals surface area (Å²) in [6.45, 7) is 0.849. The van der Waals surface area contributed by atoms with E-state index in [0.29, 0.717) is 30.4 Å². The van der Waals surface area contributed by atoms with Crippen molar-refractivity contribution >= 4 is 34.9 Å². The SMILES string of the molecule is CN(C)c1ccc(CNC(=O)CN2C(=O)CCn3nc(-c4cccc(Cl)c4)cc32)cc1. The van der Waals surface area contributed by atoms with Crippen LogP contribution in [0.25, 0.3) is 11.3 Å². The van der Waals surface area contributed by atoms with Crippen molar-refractivity contribution in [1.82, 2.24) is 15.1 Å². The quantitative estimate of drug-likeness (QED) is 0.642. The molecule has 0 saturated heterocycles. The Hall–Kier alpha value is -3.32. The number of anilines is 2. The lowest BCUT2D eigenvalue weighted by atomic mass is 10.1. The number of aryl methyl sites for hydroxylation is 1. The molecular weight excluding hydrogens is 414 g/mol. The molecule has 0 bridgehead atoms. The molecule has 1 aromatic heterocycles. The van der Waals surface area contributed by atoms with Crippen molar-refractivity contribution < 1.29 is 9.59 Å². The third-order valence-electron chi connectivity index (χ3n) is 5.24. The van der Waals surface area contributed by atoms with Crippen molar-refractivity contribution in [3.8, 4) is 11.3 Å². The Balaban J connectivity index is 1.45. The topological polar surface area (TPSA) is 70.5 Å². The summed E-state index contributed by atoms with van der Waals surface area (Å²) in [5.41, 5.74) is 3.68. The molecule has 0 unspecified atom stereocenters. The number of carbonyl (C=O) groups is 2. The summed E-state index contributed by atoms with van der Waals surface area (Å²) in [7, 11) is 3.96. The minimum Gasteiger partial charge on any atom is -0.378 e. The molecule has 0 atom stereocenters. The van der Waals surface area contributed by atoms with Crippen molar-refractivity contribution in [2.75, 3.05) is 30.4 Å². The molecule has 0 saturated carbocycles. The number of halogens is 1. The minimum atomic E-state index is -0.219. The Kier molecular flexibility index (Phi) is 5.95. The maximum absolute atomic E-state index is 12.6. The van der Waals surface area contributed by atoms with Crippen molar-refractivity contribution in [2.24, 2.45) is 0 Å². The Morgan fingerprint density at radius 1 is 1.16 bits per heavy atom. The van der Waals surface area contributed by atoms with Crippen LogP contribution in [0.15, 0.2) is 54.6 Å². The van der Waals surface area contributed by atoms with E-state index in [0.717, 1.165) is 22.5 Å². The zero-order valence-corrected chi connectivity index (χ0v) is 18.3. The Bertz CT molecular complexity index is 1110. The summed E-state index contributed by atoms with van der Waals surface area (Å²) in [6, 6.07) is 17.2. The van der Waals surface area contributed by atoms with E-state index in [-0.39, 0.29) is 18.4 Å². The van der Waals surface area contributed by atoms with Gasteiger partial charge in [0.15, 0.2) is 0 Å². The van der Waals surface area contributed by atoms with E-state index in [1.807, 2.05) is 67.5 Å². The van der Waals surface area contributed by atoms with Gasteiger partial charge in [-0.1, -0.05) is 35.9 Å². The van der Waals surface area contributed by atoms with E-state index in [2.05, 4.69) is 10.4 Å². The number of carbonyl (C=O) groups excluding carboxylic acids is 2. The van der Waals surface area contributed by atoms with Gasteiger partial charge in [0, 0.05) is 49.4 Å². The fourth-order valence-electron chi connectivity index (χ4n) is 3.52. The van der Waals surface area contributed by atoms with Crippen LogP contribution in [0.5, 0.6) is 0 Å². The number of fused-ring (bicyclic) bond motifs is 1. The summed E-state index contributed by atoms with van der Waals surface area (Å²) in [5.74, 6) is 0.316. The number of amides is 2. The predicted octanol–water partition coefficient (Wildman–Crippen LogP) is 3.32. The van der Waals surface area contributed by atoms with Crippen molar-refractivity contribution in [3.63, 3.8) is 0 Å². The number of rotatable bonds is 6. The summed E-state index contributed by atoms with van der Waals surface area (Å²) in [5, 5.41) is 8.12. The summed E-state index contributed by atoms with van der Waals surface area (Å²) >= 11 is 6.10. The van der Waals surface area contributed by atoms with Gasteiger partial charge in [0.05, 0.1) is 12.2 Å². The molecule has 2 aromatic carbocycles. The normalized spacial score (nSPS) is 13.1. The second kappa shape index (κ2) is 8.81. The molecular formula is C23H24ClN5O2. The van der Waals surface area contributed by atoms with Gasteiger partial charge in [0.1, 0.15) is 12.4 Å². The third kappa shape index (κ3) is 4.72. The third-order valence-corrected chi connectivity index (χ3v) is 5.47. The van der Waals surface area contributed by atoms with E-state index in [4.69, 9.17) is 11.6 Å². The van der Waals surface area contributed by atoms with Crippen LogP contribution in [0.3, 0.4) is 0 Å². The van der Waals surface area contributed by atoms with E-state index in [9.17, 15) is 9.59 Å². The van der Waals surface area contributed by atoms with Crippen LogP contribution in [0.2, 0.25) is 5.02 Å². The van der Waals surface area contributed by atoms with E-state index in [1.165, 1.54) is 4.90 Å². The molecule has 160 valence electrons. The predicted molar refractivity (Wildman–Crippen MR) is 122 cm³/mol. The average Bonchev–Trinajstić information content (AvgIpc) is 3.19. The second-order valence-corrected chi connectivity index (χ2v) is 8.13. The minimum absolute atomic E-state index is 0.0463. The van der Waals surface area contributed by atoms with Gasteiger partial charge in [-0.15, -0.1) is 0 Å². The number of nitrogens with zero attached hydrogens (tertiary/aromatic N) is 4. The largest absolute Gasteiger partial charge is 0.378 e. The monoisotopic (exact) mass is 437 g/mol. The fraction of sp³-hybridized carbons (Fsp3) is 0.261. The summed E-state index contributed by atoms with van der Waals surface area (Å²) < 4.78 is 1.77. The highest BCUT2D eigenvalue weighted by Crippen LogP contribution is 2.29. The van der Waals surface area contributed by atoms with Crippen molar-refractivity contribution in [2.45, 2.75) is 19.5 Å². The Labute approximate surface area is 186 Å². The number of aromatic nitrogens is 2. The van der Waals surface area contributed by atoms with Crippen molar-refractivity contribution in [3.05, 3.63) is 65.2 Å². The summed E-state index contributed by atoms with van der Waals surface area (Å²) in [4.78, 5) is 28.6. The zero-order chi connectivity index (χ0) is 22.0. The van der Waals surface area contributed by atoms with Crippen LogP contribution in [-0.2, 0) is 22.7 Å². The van der Waals surface area contributed by atoms with E-state index in [1.54, 1.807) is 10.7 Å². The lowest BCUT2D eigenvalue weighted by molar-refractivity contribution is -0.124. The lowest BCUT2D eigenvalue weighted by Crippen LogP contribution is -2.44. The Morgan fingerprint density at radius 3 is 2.65 bits per heavy atom. The van der Waals surface area contributed by atoms with Gasteiger partial charge in [-0.05, 0) is 29.8 Å². The lowest BCUT2D eigenvalue weighted by Gasteiger charge is -2.26. The van der Waals surface area contributed by atoms with Crippen LogP contribution in [0.4, 0.5) is 11.5 Å². The van der Waals surface area contributed by atoms with Gasteiger partial charge in [0.25, 0.3) is 0 Å². The molecule has 31 heavy (non-hydrogen) atoms. The molecule has 3 aromatic rings. The van der Waals surface area contributed by atoms with Crippen LogP contribution in [-0.4, -0.2) is 42.2 Å². The first-order valence-electron chi connectivity index (χ1n) is 10.1. The second-order valence-electron chi connectivity index (χ2n) is 7.69. The van der Waals surface area contributed by atoms with Gasteiger partial charge in [-0.25, -0.2) is 4.68 Å². The first-order valence-corrected chi connectivity index (χ1v) is 10.5. The zero-order valence-electron chi connectivity index (χ0n) is 17.5. The Morgan fingerprint density at radius 2 is 1.94 bits per heavy atom. The number of hydrogen-bond donors (Lipinski definition) is 1. The standard InChI is InChI=1S/C23H24ClN5O2/c1-27(2)19-8-6-16(7-9-19)14-25-21(30)15-28-22-13-20(17-4-3-5-18(24)12-17)26-29(22)11-10-23(28)31/h3-9,12-13H,10-11,14-15H2,1-2H3,(H,25,30). The molecule has 7 nitrogen and oxygen atoms in total. The van der Waals surface area contributed by atoms with Gasteiger partial charge < -0.3 is 10.2 Å². The number of hydrogen-bond acceptors (Lipinski definition) is 4. The molecule has 0 radical (unpaired) electrons. The van der Waals surface area contributed by atoms with E-state index < -0.39 is 0 Å². The molecule has 0 aliphatic carbocycles. The van der Waals surface area contributed by atoms with Crippen molar-refractivity contribution in [1.29, 1.82) is 0 Å². The average molecular weight is 438 g/mol. The first-order chi connectivity index (χ1) is 14.9. The smallest absolute Gasteiger partial charge is 0.240 e. The number of nitrogens with one attached hydrogen (secondary N) is 1.